The summed E-state index contributed by atoms with van der Waals surface area (Å²) in [5.41, 5.74) is 0.0380. The van der Waals surface area contributed by atoms with Gasteiger partial charge in [-0.1, -0.05) is 15.9 Å². The highest BCUT2D eigenvalue weighted by molar-refractivity contribution is 9.10. The van der Waals surface area contributed by atoms with Gasteiger partial charge in [0.15, 0.2) is 0 Å². The van der Waals surface area contributed by atoms with Gasteiger partial charge in [-0.15, -0.1) is 0 Å². The number of carbonyl (C=O) groups excluding carboxylic acids is 1. The van der Waals surface area contributed by atoms with Crippen molar-refractivity contribution in [2.45, 2.75) is 25.9 Å². The summed E-state index contributed by atoms with van der Waals surface area (Å²) in [4.78, 5) is 31.2. The zero-order valence-corrected chi connectivity index (χ0v) is 14.7. The van der Waals surface area contributed by atoms with Gasteiger partial charge in [0.2, 0.25) is 5.91 Å². The van der Waals surface area contributed by atoms with Crippen molar-refractivity contribution in [3.8, 4) is 0 Å². The molecule has 2 aromatic rings. The summed E-state index contributed by atoms with van der Waals surface area (Å²) in [6, 6.07) is 5.34. The van der Waals surface area contributed by atoms with Crippen LogP contribution in [-0.2, 0) is 16.1 Å². The molecule has 0 radical (unpaired) electrons. The Morgan fingerprint density at radius 2 is 2.22 bits per heavy atom. The summed E-state index contributed by atoms with van der Waals surface area (Å²) < 4.78 is 7.60. The first-order valence-electron chi connectivity index (χ1n) is 7.41. The molecule has 6 nitrogen and oxygen atoms in total. The molecule has 0 bridgehead atoms. The van der Waals surface area contributed by atoms with Gasteiger partial charge in [0, 0.05) is 11.0 Å². The summed E-state index contributed by atoms with van der Waals surface area (Å²) in [6.45, 7) is 5.46. The quantitative estimate of drug-likeness (QED) is 0.797. The monoisotopic (exact) mass is 379 g/mol. The fourth-order valence-corrected chi connectivity index (χ4v) is 3.16. The molecular weight excluding hydrogens is 362 g/mol. The molecule has 0 spiro atoms. The Bertz CT molecular complexity index is 816. The van der Waals surface area contributed by atoms with Crippen LogP contribution in [0.2, 0.25) is 0 Å². The number of ether oxygens (including phenoxy) is 1. The average Bonchev–Trinajstić information content (AvgIpc) is 2.50. The molecule has 1 amide bonds. The van der Waals surface area contributed by atoms with Gasteiger partial charge >= 0.3 is 0 Å². The van der Waals surface area contributed by atoms with Gasteiger partial charge < -0.3 is 9.64 Å². The van der Waals surface area contributed by atoms with Crippen LogP contribution in [0.15, 0.2) is 33.8 Å². The van der Waals surface area contributed by atoms with Gasteiger partial charge in [-0.2, -0.15) is 0 Å². The summed E-state index contributed by atoms with van der Waals surface area (Å²) >= 11 is 3.35. The normalized spacial score (nSPS) is 17.4. The van der Waals surface area contributed by atoms with E-state index < -0.39 is 0 Å². The molecule has 1 aliphatic heterocycles. The minimum atomic E-state index is -0.369. The molecule has 1 aromatic heterocycles. The fraction of sp³-hybridized carbons (Fsp3) is 0.438. The Kier molecular flexibility index (Phi) is 4.25. The van der Waals surface area contributed by atoms with E-state index in [1.165, 1.54) is 10.9 Å². The minimum absolute atomic E-state index is 0.0162. The first-order valence-corrected chi connectivity index (χ1v) is 8.21. The number of amides is 1. The molecule has 7 heteroatoms. The molecule has 0 saturated carbocycles. The van der Waals surface area contributed by atoms with Gasteiger partial charge in [-0.3, -0.25) is 14.2 Å². The van der Waals surface area contributed by atoms with Crippen LogP contribution in [0.25, 0.3) is 10.9 Å². The third-order valence-corrected chi connectivity index (χ3v) is 4.53. The molecule has 1 saturated heterocycles. The lowest BCUT2D eigenvalue weighted by Gasteiger charge is -2.42. The average molecular weight is 380 g/mol. The molecule has 1 aliphatic rings. The van der Waals surface area contributed by atoms with E-state index in [4.69, 9.17) is 4.74 Å². The maximum absolute atomic E-state index is 12.6. The zero-order valence-electron chi connectivity index (χ0n) is 13.1. The van der Waals surface area contributed by atoms with Crippen molar-refractivity contribution < 1.29 is 9.53 Å². The van der Waals surface area contributed by atoms with Gasteiger partial charge in [-0.25, -0.2) is 4.98 Å². The van der Waals surface area contributed by atoms with Gasteiger partial charge in [0.25, 0.3) is 5.56 Å². The third kappa shape index (κ3) is 3.16. The zero-order chi connectivity index (χ0) is 16.6. The van der Waals surface area contributed by atoms with Crippen LogP contribution in [0.3, 0.4) is 0 Å². The standard InChI is InChI=1S/C16H18BrN3O3/c1-16(2)9-23-6-5-20(16)14(21)8-19-10-18-13-4-3-11(17)7-12(13)15(19)22/h3-4,7,10H,5-6,8-9H2,1-2H3. The van der Waals surface area contributed by atoms with Gasteiger partial charge in [0.05, 0.1) is 36.0 Å². The molecule has 23 heavy (non-hydrogen) atoms. The summed E-state index contributed by atoms with van der Waals surface area (Å²) in [5.74, 6) is -0.100. The van der Waals surface area contributed by atoms with Crippen LogP contribution in [-0.4, -0.2) is 45.7 Å². The van der Waals surface area contributed by atoms with Crippen molar-refractivity contribution in [3.63, 3.8) is 0 Å². The maximum Gasteiger partial charge on any atom is 0.261 e. The van der Waals surface area contributed by atoms with E-state index in [0.717, 1.165) is 4.47 Å². The van der Waals surface area contributed by atoms with E-state index in [-0.39, 0.29) is 23.6 Å². The Balaban J connectivity index is 1.91. The van der Waals surface area contributed by atoms with Crippen LogP contribution in [0.4, 0.5) is 0 Å². The second-order valence-corrected chi connectivity index (χ2v) is 7.17. The molecule has 1 fully saturated rings. The Hall–Kier alpha value is -1.73. The van der Waals surface area contributed by atoms with E-state index in [0.29, 0.717) is 30.7 Å². The van der Waals surface area contributed by atoms with E-state index >= 15 is 0 Å². The van der Waals surface area contributed by atoms with Crippen LogP contribution in [0, 0.1) is 0 Å². The topological polar surface area (TPSA) is 64.4 Å². The number of hydrogen-bond acceptors (Lipinski definition) is 4. The van der Waals surface area contributed by atoms with E-state index in [1.807, 2.05) is 19.9 Å². The van der Waals surface area contributed by atoms with E-state index in [9.17, 15) is 9.59 Å². The van der Waals surface area contributed by atoms with Crippen molar-refractivity contribution in [2.24, 2.45) is 0 Å². The first-order chi connectivity index (χ1) is 10.9. The molecular formula is C16H18BrN3O3. The highest BCUT2D eigenvalue weighted by Gasteiger charge is 2.34. The van der Waals surface area contributed by atoms with Crippen LogP contribution < -0.4 is 5.56 Å². The summed E-state index contributed by atoms with van der Waals surface area (Å²) in [7, 11) is 0. The highest BCUT2D eigenvalue weighted by atomic mass is 79.9. The molecule has 0 aliphatic carbocycles. The minimum Gasteiger partial charge on any atom is -0.377 e. The van der Waals surface area contributed by atoms with Crippen molar-refractivity contribution in [1.29, 1.82) is 0 Å². The molecule has 122 valence electrons. The summed E-state index contributed by atoms with van der Waals surface area (Å²) in [6.07, 6.45) is 1.43. The number of carbonyl (C=O) groups is 1. The number of rotatable bonds is 2. The lowest BCUT2D eigenvalue weighted by atomic mass is 10.0. The molecule has 0 atom stereocenters. The SMILES string of the molecule is CC1(C)COCCN1C(=O)Cn1cnc2ccc(Br)cc2c1=O. The van der Waals surface area contributed by atoms with Crippen LogP contribution in [0.1, 0.15) is 13.8 Å². The smallest absolute Gasteiger partial charge is 0.261 e. The van der Waals surface area contributed by atoms with Crippen LogP contribution in [0.5, 0.6) is 0 Å². The molecule has 1 aromatic carbocycles. The first kappa shape index (κ1) is 16.1. The number of benzene rings is 1. The Morgan fingerprint density at radius 1 is 1.43 bits per heavy atom. The van der Waals surface area contributed by atoms with Crippen molar-refractivity contribution in [3.05, 3.63) is 39.4 Å². The predicted molar refractivity (Wildman–Crippen MR) is 90.3 cm³/mol. The largest absolute Gasteiger partial charge is 0.377 e. The predicted octanol–water partition coefficient (Wildman–Crippen LogP) is 1.80. The number of halogens is 1. The number of hydrogen-bond donors (Lipinski definition) is 0. The second kappa shape index (κ2) is 6.05. The second-order valence-electron chi connectivity index (χ2n) is 6.25. The van der Waals surface area contributed by atoms with Crippen molar-refractivity contribution in [2.75, 3.05) is 19.8 Å². The molecule has 2 heterocycles. The van der Waals surface area contributed by atoms with Crippen molar-refractivity contribution in [1.82, 2.24) is 14.5 Å². The van der Waals surface area contributed by atoms with Crippen molar-refractivity contribution >= 4 is 32.7 Å². The fourth-order valence-electron chi connectivity index (χ4n) is 2.80. The van der Waals surface area contributed by atoms with E-state index in [1.54, 1.807) is 17.0 Å². The number of morpholine rings is 1. The van der Waals surface area contributed by atoms with Gasteiger partial charge in [-0.05, 0) is 32.0 Å². The highest BCUT2D eigenvalue weighted by Crippen LogP contribution is 2.19. The van der Waals surface area contributed by atoms with Crippen LogP contribution >= 0.6 is 15.9 Å². The summed E-state index contributed by atoms with van der Waals surface area (Å²) in [5, 5.41) is 0.496. The molecule has 0 unspecified atom stereocenters. The third-order valence-electron chi connectivity index (χ3n) is 4.04. The lowest BCUT2D eigenvalue weighted by molar-refractivity contribution is -0.147. The Morgan fingerprint density at radius 3 is 2.96 bits per heavy atom. The molecule has 3 rings (SSSR count). The number of aromatic nitrogens is 2. The number of fused-ring (bicyclic) bond motifs is 1. The maximum atomic E-state index is 12.6. The Labute approximate surface area is 142 Å². The molecule has 0 N–H and O–H groups in total. The van der Waals surface area contributed by atoms with Gasteiger partial charge in [0.1, 0.15) is 6.54 Å². The number of nitrogens with zero attached hydrogens (tertiary/aromatic N) is 3. The lowest BCUT2D eigenvalue weighted by Crippen LogP contribution is -2.56. The van der Waals surface area contributed by atoms with E-state index in [2.05, 4.69) is 20.9 Å².